The lowest BCUT2D eigenvalue weighted by Crippen LogP contribution is -2.31. The van der Waals surface area contributed by atoms with Crippen LogP contribution in [0.1, 0.15) is 41.4 Å². The van der Waals surface area contributed by atoms with Crippen molar-refractivity contribution in [1.29, 1.82) is 0 Å². The number of anilines is 2. The Morgan fingerprint density at radius 2 is 1.83 bits per heavy atom. The second-order valence-electron chi connectivity index (χ2n) is 10.2. The van der Waals surface area contributed by atoms with Crippen LogP contribution in [0, 0.1) is 6.92 Å². The minimum absolute atomic E-state index is 0.0966. The molecule has 11 nitrogen and oxygen atoms in total. The van der Waals surface area contributed by atoms with Gasteiger partial charge in [0.2, 0.25) is 5.91 Å². The Morgan fingerprint density at radius 3 is 2.50 bits per heavy atom. The summed E-state index contributed by atoms with van der Waals surface area (Å²) in [4.78, 5) is 48.4. The maximum absolute atomic E-state index is 13.1. The third kappa shape index (κ3) is 7.26. The van der Waals surface area contributed by atoms with Crippen LogP contribution in [0.2, 0.25) is 0 Å². The van der Waals surface area contributed by atoms with E-state index in [9.17, 15) is 27.6 Å². The van der Waals surface area contributed by atoms with Crippen molar-refractivity contribution in [2.45, 2.75) is 33.2 Å². The zero-order valence-electron chi connectivity index (χ0n) is 25.0. The summed E-state index contributed by atoms with van der Waals surface area (Å²) in [6, 6.07) is 14.5. The van der Waals surface area contributed by atoms with Crippen molar-refractivity contribution in [3.05, 3.63) is 83.7 Å². The molecule has 1 unspecified atom stereocenters. The molecule has 0 spiro atoms. The lowest BCUT2D eigenvalue weighted by molar-refractivity contribution is -0.274. The average Bonchev–Trinajstić information content (AvgIpc) is 3.63. The molecule has 3 aromatic carbocycles. The van der Waals surface area contributed by atoms with E-state index in [1.165, 1.54) is 47.1 Å². The van der Waals surface area contributed by atoms with Crippen molar-refractivity contribution in [1.82, 2.24) is 14.8 Å². The normalized spacial score (nSPS) is 14.9. The first-order valence-electron chi connectivity index (χ1n) is 13.7. The zero-order valence-corrected chi connectivity index (χ0v) is 25.8. The quantitative estimate of drug-likeness (QED) is 0.208. The number of hydrogen-bond acceptors (Lipinski definition) is 8. The number of urea groups is 1. The van der Waals surface area contributed by atoms with E-state index in [4.69, 9.17) is 4.74 Å². The average molecular weight is 653 g/mol. The van der Waals surface area contributed by atoms with Gasteiger partial charge >= 0.3 is 12.4 Å². The molecule has 1 aliphatic heterocycles. The summed E-state index contributed by atoms with van der Waals surface area (Å²) < 4.78 is 48.1. The van der Waals surface area contributed by atoms with E-state index in [0.29, 0.717) is 16.9 Å². The topological polar surface area (TPSA) is 128 Å². The number of carbonyl (C=O) groups excluding carboxylic acids is 3. The predicted molar refractivity (Wildman–Crippen MR) is 166 cm³/mol. The summed E-state index contributed by atoms with van der Waals surface area (Å²) in [6.45, 7) is 5.08. The van der Waals surface area contributed by atoms with Crippen molar-refractivity contribution in [3.63, 3.8) is 0 Å². The van der Waals surface area contributed by atoms with Gasteiger partial charge in [-0.1, -0.05) is 23.9 Å². The van der Waals surface area contributed by atoms with Gasteiger partial charge in [0.1, 0.15) is 12.1 Å². The van der Waals surface area contributed by atoms with Gasteiger partial charge in [0.25, 0.3) is 0 Å². The number of ether oxygens (including phenoxy) is 2. The summed E-state index contributed by atoms with van der Waals surface area (Å²) in [5.41, 5.74) is 3.47. The number of hydrogen-bond donors (Lipinski definition) is 1. The number of carbonyl (C=O) groups is 3. The van der Waals surface area contributed by atoms with Crippen LogP contribution in [0.15, 0.2) is 72.0 Å². The van der Waals surface area contributed by atoms with Gasteiger partial charge in [0.15, 0.2) is 16.8 Å². The summed E-state index contributed by atoms with van der Waals surface area (Å²) in [5.74, 6) is -0.643. The predicted octanol–water partition coefficient (Wildman–Crippen LogP) is 6.72. The highest BCUT2D eigenvalue weighted by Crippen LogP contribution is 2.35. The van der Waals surface area contributed by atoms with E-state index >= 15 is 0 Å². The molecule has 2 heterocycles. The number of halogens is 3. The highest BCUT2D eigenvalue weighted by atomic mass is 32.2. The fourth-order valence-corrected chi connectivity index (χ4v) is 5.49. The van der Waals surface area contributed by atoms with Gasteiger partial charge in [-0.15, -0.1) is 18.3 Å². The van der Waals surface area contributed by atoms with Crippen molar-refractivity contribution < 1.29 is 37.0 Å². The Kier molecular flexibility index (Phi) is 9.25. The Balaban J connectivity index is 1.37. The molecule has 5 rings (SSSR count). The van der Waals surface area contributed by atoms with Crippen LogP contribution < -0.4 is 15.0 Å². The van der Waals surface area contributed by atoms with Gasteiger partial charge in [0, 0.05) is 23.8 Å². The van der Waals surface area contributed by atoms with Crippen molar-refractivity contribution >= 4 is 46.0 Å². The van der Waals surface area contributed by atoms with E-state index < -0.39 is 12.4 Å². The molecular weight excluding hydrogens is 625 g/mol. The van der Waals surface area contributed by atoms with Crippen LogP contribution >= 0.6 is 11.8 Å². The molecule has 0 radical (unpaired) electrons. The smallest absolute Gasteiger partial charge is 0.406 e. The second-order valence-corrected chi connectivity index (χ2v) is 11.1. The number of Topliss-reactive ketones (excluding diaryl/α,β-unsaturated/α-hetero) is 1. The number of thioether (sulfide) groups is 1. The SMILES string of the molecule is COC(C)c1ccc(C)cc1N1C(=O)CS/C1=N\C(=O)Nc1ccc(-c2ncn(-c3ccc(OC(F)(F)F)cc3)n2)cc1C(C)=O. The van der Waals surface area contributed by atoms with Crippen molar-refractivity contribution in [3.8, 4) is 22.8 Å². The lowest BCUT2D eigenvalue weighted by Gasteiger charge is -2.23. The number of alkyl halides is 3. The van der Waals surface area contributed by atoms with Crippen LogP contribution in [0.5, 0.6) is 5.75 Å². The number of aromatic nitrogens is 3. The summed E-state index contributed by atoms with van der Waals surface area (Å²) >= 11 is 1.12. The van der Waals surface area contributed by atoms with Crippen LogP contribution in [0.25, 0.3) is 17.1 Å². The fraction of sp³-hybridized carbons (Fsp3) is 0.226. The number of rotatable bonds is 8. The van der Waals surface area contributed by atoms with Gasteiger partial charge < -0.3 is 14.8 Å². The maximum Gasteiger partial charge on any atom is 0.573 e. The number of aryl methyl sites for hydroxylation is 1. The highest BCUT2D eigenvalue weighted by Gasteiger charge is 2.33. The number of nitrogens with one attached hydrogen (secondary N) is 1. The largest absolute Gasteiger partial charge is 0.573 e. The Labute approximate surface area is 265 Å². The van der Waals surface area contributed by atoms with Gasteiger partial charge in [-0.3, -0.25) is 14.5 Å². The fourth-order valence-electron chi connectivity index (χ4n) is 4.63. The van der Waals surface area contributed by atoms with Gasteiger partial charge in [0.05, 0.1) is 28.9 Å². The van der Waals surface area contributed by atoms with Crippen LogP contribution in [0.3, 0.4) is 0 Å². The summed E-state index contributed by atoms with van der Waals surface area (Å²) in [7, 11) is 1.57. The lowest BCUT2D eigenvalue weighted by atomic mass is 10.0. The number of methoxy groups -OCH3 is 1. The van der Waals surface area contributed by atoms with Crippen molar-refractivity contribution in [2.75, 3.05) is 23.1 Å². The minimum atomic E-state index is -4.81. The molecule has 1 atom stereocenters. The van der Waals surface area contributed by atoms with E-state index in [-0.39, 0.29) is 51.5 Å². The van der Waals surface area contributed by atoms with Crippen LogP contribution in [-0.4, -0.2) is 56.9 Å². The van der Waals surface area contributed by atoms with E-state index in [0.717, 1.165) is 35.0 Å². The summed E-state index contributed by atoms with van der Waals surface area (Å²) in [6.07, 6.45) is -3.76. The molecule has 1 saturated heterocycles. The third-order valence-corrected chi connectivity index (χ3v) is 7.83. The van der Waals surface area contributed by atoms with Crippen LogP contribution in [-0.2, 0) is 9.53 Å². The molecule has 1 N–H and O–H groups in total. The number of benzene rings is 3. The van der Waals surface area contributed by atoms with Gasteiger partial charge in [-0.25, -0.2) is 14.5 Å². The number of ketones is 1. The van der Waals surface area contributed by atoms with E-state index in [1.807, 2.05) is 32.0 Å². The second kappa shape index (κ2) is 13.1. The third-order valence-electron chi connectivity index (χ3n) is 6.91. The monoisotopic (exact) mass is 652 g/mol. The zero-order chi connectivity index (χ0) is 33.2. The minimum Gasteiger partial charge on any atom is -0.406 e. The number of nitrogens with zero attached hydrogens (tertiary/aromatic N) is 5. The first kappa shape index (κ1) is 32.4. The van der Waals surface area contributed by atoms with E-state index in [1.54, 1.807) is 13.2 Å². The number of amides is 3. The highest BCUT2D eigenvalue weighted by molar-refractivity contribution is 8.15. The molecule has 46 heavy (non-hydrogen) atoms. The van der Waals surface area contributed by atoms with E-state index in [2.05, 4.69) is 25.1 Å². The molecule has 3 amide bonds. The molecule has 0 saturated carbocycles. The van der Waals surface area contributed by atoms with Gasteiger partial charge in [-0.05, 0) is 74.9 Å². The Bertz CT molecular complexity index is 1840. The first-order chi connectivity index (χ1) is 21.8. The van der Waals surface area contributed by atoms with Gasteiger partial charge in [-0.2, -0.15) is 4.99 Å². The standard InChI is InChI=1S/C31H27F3N6O5S/c1-17-5-11-23(19(3)44-4)26(13-17)40-27(42)15-46-30(40)37-29(43)36-25-12-6-20(14-24(25)18(2)41)28-35-16-39(38-28)21-7-9-22(10-8-21)45-31(32,33)34/h5-14,16,19H,15H2,1-4H3,(H,36,43)/b37-30-. The van der Waals surface area contributed by atoms with Crippen LogP contribution in [0.4, 0.5) is 29.3 Å². The molecule has 15 heteroatoms. The maximum atomic E-state index is 13.1. The molecule has 238 valence electrons. The Hall–Kier alpha value is -5.02. The Morgan fingerprint density at radius 1 is 1.09 bits per heavy atom. The molecule has 0 bridgehead atoms. The summed E-state index contributed by atoms with van der Waals surface area (Å²) in [5, 5.41) is 7.19. The molecule has 1 aliphatic rings. The molecule has 1 aromatic heterocycles. The number of amidine groups is 1. The number of aliphatic imine (C=N–C) groups is 1. The molecule has 0 aliphatic carbocycles. The van der Waals surface area contributed by atoms with Crippen molar-refractivity contribution in [2.24, 2.45) is 4.99 Å². The molecule has 4 aromatic rings. The first-order valence-corrected chi connectivity index (χ1v) is 14.7. The molecular formula is C31H27F3N6O5S. The molecule has 1 fully saturated rings.